The molecule has 0 aliphatic carbocycles. The molecule has 5 nitrogen and oxygen atoms in total. The lowest BCUT2D eigenvalue weighted by Crippen LogP contribution is -2.28. The van der Waals surface area contributed by atoms with Gasteiger partial charge in [0.1, 0.15) is 5.82 Å². The Hall–Kier alpha value is -2.28. The smallest absolute Gasteiger partial charge is 0.254 e. The maximum atomic E-state index is 13.8. The van der Waals surface area contributed by atoms with E-state index in [9.17, 15) is 9.18 Å². The molecule has 1 atom stereocenters. The molecule has 0 aliphatic rings. The number of aromatic nitrogens is 3. The van der Waals surface area contributed by atoms with E-state index in [-0.39, 0.29) is 5.56 Å². The SMILES string of the molecule is CC(NC(=O)c1ccc(Br)cc1F)c1nnc2ccccn12. The summed E-state index contributed by atoms with van der Waals surface area (Å²) in [5.41, 5.74) is 0.678. The maximum Gasteiger partial charge on any atom is 0.254 e. The molecule has 112 valence electrons. The van der Waals surface area contributed by atoms with E-state index in [1.807, 2.05) is 24.4 Å². The Balaban J connectivity index is 1.84. The number of rotatable bonds is 3. The number of halogens is 2. The van der Waals surface area contributed by atoms with E-state index in [4.69, 9.17) is 0 Å². The van der Waals surface area contributed by atoms with Crippen LogP contribution in [0.15, 0.2) is 47.1 Å². The van der Waals surface area contributed by atoms with Gasteiger partial charge in [-0.05, 0) is 37.3 Å². The molecule has 1 aromatic carbocycles. The fourth-order valence-electron chi connectivity index (χ4n) is 2.17. The minimum Gasteiger partial charge on any atom is -0.342 e. The van der Waals surface area contributed by atoms with Gasteiger partial charge in [0.15, 0.2) is 11.5 Å². The maximum absolute atomic E-state index is 13.8. The first-order chi connectivity index (χ1) is 10.6. The highest BCUT2D eigenvalue weighted by molar-refractivity contribution is 9.10. The summed E-state index contributed by atoms with van der Waals surface area (Å²) in [6.45, 7) is 1.78. The Kier molecular flexibility index (Phi) is 3.89. The Labute approximate surface area is 134 Å². The van der Waals surface area contributed by atoms with Crippen LogP contribution in [0.4, 0.5) is 4.39 Å². The molecule has 0 aliphatic heterocycles. The van der Waals surface area contributed by atoms with Crippen molar-refractivity contribution in [2.75, 3.05) is 0 Å². The van der Waals surface area contributed by atoms with Crippen LogP contribution < -0.4 is 5.32 Å². The number of hydrogen-bond donors (Lipinski definition) is 1. The van der Waals surface area contributed by atoms with Gasteiger partial charge in [0.05, 0.1) is 11.6 Å². The van der Waals surface area contributed by atoms with Gasteiger partial charge in [-0.15, -0.1) is 10.2 Å². The third kappa shape index (κ3) is 2.71. The van der Waals surface area contributed by atoms with Crippen molar-refractivity contribution >= 4 is 27.5 Å². The van der Waals surface area contributed by atoms with Gasteiger partial charge in [0, 0.05) is 10.7 Å². The van der Waals surface area contributed by atoms with Crippen molar-refractivity contribution in [2.24, 2.45) is 0 Å². The summed E-state index contributed by atoms with van der Waals surface area (Å²) in [6.07, 6.45) is 1.81. The van der Waals surface area contributed by atoms with Crippen molar-refractivity contribution in [3.05, 3.63) is 64.3 Å². The number of carbonyl (C=O) groups is 1. The molecule has 7 heteroatoms. The molecule has 0 bridgehead atoms. The molecule has 1 amide bonds. The standard InChI is InChI=1S/C15H12BrFN4O/c1-9(14-20-19-13-4-2-3-7-21(13)14)18-15(22)11-6-5-10(16)8-12(11)17/h2-9H,1H3,(H,18,22). The van der Waals surface area contributed by atoms with Crippen molar-refractivity contribution in [2.45, 2.75) is 13.0 Å². The second-order valence-corrected chi connectivity index (χ2v) is 5.72. The van der Waals surface area contributed by atoms with Gasteiger partial charge in [0.2, 0.25) is 0 Å². The third-order valence-corrected chi connectivity index (χ3v) is 3.74. The fraction of sp³-hybridized carbons (Fsp3) is 0.133. The average Bonchev–Trinajstić information content (AvgIpc) is 2.91. The molecule has 0 saturated heterocycles. The second kappa shape index (κ2) is 5.84. The Morgan fingerprint density at radius 3 is 2.91 bits per heavy atom. The number of amides is 1. The highest BCUT2D eigenvalue weighted by Gasteiger charge is 2.18. The largest absolute Gasteiger partial charge is 0.342 e. The molecule has 0 spiro atoms. The number of nitrogens with zero attached hydrogens (tertiary/aromatic N) is 3. The summed E-state index contributed by atoms with van der Waals surface area (Å²) >= 11 is 3.16. The molecule has 2 aromatic heterocycles. The van der Waals surface area contributed by atoms with Crippen LogP contribution in [0.2, 0.25) is 0 Å². The number of nitrogens with one attached hydrogen (secondary N) is 1. The predicted molar refractivity (Wildman–Crippen MR) is 83.0 cm³/mol. The van der Waals surface area contributed by atoms with Gasteiger partial charge in [0.25, 0.3) is 5.91 Å². The molecule has 0 radical (unpaired) electrons. The van der Waals surface area contributed by atoms with Crippen LogP contribution in [0.5, 0.6) is 0 Å². The minimum absolute atomic E-state index is 0.0103. The van der Waals surface area contributed by atoms with Crippen LogP contribution in [0.3, 0.4) is 0 Å². The highest BCUT2D eigenvalue weighted by Crippen LogP contribution is 2.17. The Morgan fingerprint density at radius 2 is 2.14 bits per heavy atom. The van der Waals surface area contributed by atoms with Gasteiger partial charge in [-0.1, -0.05) is 22.0 Å². The van der Waals surface area contributed by atoms with E-state index in [1.165, 1.54) is 12.1 Å². The molecule has 1 unspecified atom stereocenters. The lowest BCUT2D eigenvalue weighted by Gasteiger charge is -2.13. The summed E-state index contributed by atoms with van der Waals surface area (Å²) in [5, 5.41) is 10.8. The predicted octanol–water partition coefficient (Wildman–Crippen LogP) is 3.12. The van der Waals surface area contributed by atoms with Gasteiger partial charge in [-0.3, -0.25) is 9.20 Å². The average molecular weight is 363 g/mol. The molecular weight excluding hydrogens is 351 g/mol. The second-order valence-electron chi connectivity index (χ2n) is 4.81. The van der Waals surface area contributed by atoms with Gasteiger partial charge in [-0.25, -0.2) is 4.39 Å². The van der Waals surface area contributed by atoms with E-state index in [0.29, 0.717) is 15.9 Å². The van der Waals surface area contributed by atoms with Crippen LogP contribution >= 0.6 is 15.9 Å². The topological polar surface area (TPSA) is 59.3 Å². The molecule has 3 aromatic rings. The first kappa shape index (κ1) is 14.6. The highest BCUT2D eigenvalue weighted by atomic mass is 79.9. The van der Waals surface area contributed by atoms with Crippen LogP contribution in [0, 0.1) is 5.82 Å². The van der Waals surface area contributed by atoms with Gasteiger partial charge >= 0.3 is 0 Å². The Morgan fingerprint density at radius 1 is 1.32 bits per heavy atom. The van der Waals surface area contributed by atoms with Crippen LogP contribution in [0.25, 0.3) is 5.65 Å². The van der Waals surface area contributed by atoms with Crippen molar-refractivity contribution in [1.82, 2.24) is 19.9 Å². The van der Waals surface area contributed by atoms with Crippen LogP contribution in [-0.4, -0.2) is 20.5 Å². The zero-order valence-electron chi connectivity index (χ0n) is 11.6. The number of carbonyl (C=O) groups excluding carboxylic acids is 1. The lowest BCUT2D eigenvalue weighted by atomic mass is 10.2. The summed E-state index contributed by atoms with van der Waals surface area (Å²) in [7, 11) is 0. The zero-order valence-corrected chi connectivity index (χ0v) is 13.2. The van der Waals surface area contributed by atoms with Crippen LogP contribution in [0.1, 0.15) is 29.1 Å². The number of pyridine rings is 1. The van der Waals surface area contributed by atoms with Gasteiger partial charge in [-0.2, -0.15) is 0 Å². The van der Waals surface area contributed by atoms with E-state index in [2.05, 4.69) is 31.4 Å². The molecule has 1 N–H and O–H groups in total. The third-order valence-electron chi connectivity index (χ3n) is 3.25. The Bertz CT molecular complexity index is 848. The number of hydrogen-bond acceptors (Lipinski definition) is 3. The van der Waals surface area contributed by atoms with Gasteiger partial charge < -0.3 is 5.32 Å². The molecular formula is C15H12BrFN4O. The van der Waals surface area contributed by atoms with Crippen molar-refractivity contribution < 1.29 is 9.18 Å². The van der Waals surface area contributed by atoms with E-state index in [1.54, 1.807) is 17.4 Å². The van der Waals surface area contributed by atoms with E-state index < -0.39 is 17.8 Å². The first-order valence-electron chi connectivity index (χ1n) is 6.62. The molecule has 0 saturated carbocycles. The summed E-state index contributed by atoms with van der Waals surface area (Å²) in [6, 6.07) is 9.43. The normalized spacial score (nSPS) is 12.3. The fourth-order valence-corrected chi connectivity index (χ4v) is 2.50. The molecule has 3 rings (SSSR count). The summed E-state index contributed by atoms with van der Waals surface area (Å²) in [5.74, 6) is -0.489. The summed E-state index contributed by atoms with van der Waals surface area (Å²) < 4.78 is 16.2. The molecule has 22 heavy (non-hydrogen) atoms. The number of fused-ring (bicyclic) bond motifs is 1. The molecule has 0 fully saturated rings. The van der Waals surface area contributed by atoms with Crippen LogP contribution in [-0.2, 0) is 0 Å². The zero-order chi connectivity index (χ0) is 15.7. The number of benzene rings is 1. The monoisotopic (exact) mass is 362 g/mol. The first-order valence-corrected chi connectivity index (χ1v) is 7.41. The van der Waals surface area contributed by atoms with E-state index in [0.717, 1.165) is 0 Å². The van der Waals surface area contributed by atoms with Crippen molar-refractivity contribution in [1.29, 1.82) is 0 Å². The van der Waals surface area contributed by atoms with Crippen molar-refractivity contribution in [3.8, 4) is 0 Å². The lowest BCUT2D eigenvalue weighted by molar-refractivity contribution is 0.0934. The van der Waals surface area contributed by atoms with E-state index >= 15 is 0 Å². The minimum atomic E-state index is -0.579. The molecule has 2 heterocycles. The summed E-state index contributed by atoms with van der Waals surface area (Å²) in [4.78, 5) is 12.2. The van der Waals surface area contributed by atoms with Crippen molar-refractivity contribution in [3.63, 3.8) is 0 Å². The quantitative estimate of drug-likeness (QED) is 0.778.